The van der Waals surface area contributed by atoms with Gasteiger partial charge in [0.15, 0.2) is 11.5 Å². The fraction of sp³-hybridized carbons (Fsp3) is 0.571. The predicted molar refractivity (Wildman–Crippen MR) is 77.4 cm³/mol. The van der Waals surface area contributed by atoms with E-state index >= 15 is 0 Å². The van der Waals surface area contributed by atoms with E-state index in [1.54, 1.807) is 19.2 Å². The molecule has 0 N–H and O–H groups in total. The van der Waals surface area contributed by atoms with Crippen LogP contribution in [0, 0.1) is 0 Å². The van der Waals surface area contributed by atoms with E-state index in [0.29, 0.717) is 17.2 Å². The van der Waals surface area contributed by atoms with Gasteiger partial charge in [0.1, 0.15) is 0 Å². The summed E-state index contributed by atoms with van der Waals surface area (Å²) in [6, 6.07) is 3.61. The van der Waals surface area contributed by atoms with Crippen molar-refractivity contribution in [3.05, 3.63) is 28.1 Å². The standard InChI is InChI=1S/C14H21N3O3/c1-9(2)19-12-6-11(8-16-17-15)7-13(14(12)18-5)20-10(3)4/h6-7,9-10H,8H2,1-5H3. The molecule has 0 saturated carbocycles. The molecule has 1 aromatic carbocycles. The SMILES string of the molecule is COc1c(OC(C)C)cc(CN=[N+]=[N-])cc1OC(C)C. The summed E-state index contributed by atoms with van der Waals surface area (Å²) in [6.07, 6.45) is 0.0102. The monoisotopic (exact) mass is 279 g/mol. The Morgan fingerprint density at radius 3 is 1.95 bits per heavy atom. The number of methoxy groups -OCH3 is 1. The van der Waals surface area contributed by atoms with Crippen molar-refractivity contribution in [3.63, 3.8) is 0 Å². The summed E-state index contributed by atoms with van der Waals surface area (Å²) < 4.78 is 16.9. The Morgan fingerprint density at radius 1 is 1.10 bits per heavy atom. The van der Waals surface area contributed by atoms with Crippen LogP contribution in [0.4, 0.5) is 0 Å². The Labute approximate surface area is 119 Å². The normalized spacial score (nSPS) is 10.3. The average Bonchev–Trinajstić information content (AvgIpc) is 2.34. The smallest absolute Gasteiger partial charge is 0.203 e. The molecule has 0 fully saturated rings. The van der Waals surface area contributed by atoms with Crippen LogP contribution in [0.2, 0.25) is 0 Å². The molecule has 1 rings (SSSR count). The van der Waals surface area contributed by atoms with Crippen LogP contribution in [0.15, 0.2) is 17.2 Å². The van der Waals surface area contributed by atoms with Gasteiger partial charge in [0.25, 0.3) is 0 Å². The first-order valence-electron chi connectivity index (χ1n) is 6.53. The number of rotatable bonds is 7. The molecular formula is C14H21N3O3. The van der Waals surface area contributed by atoms with E-state index in [2.05, 4.69) is 10.0 Å². The summed E-state index contributed by atoms with van der Waals surface area (Å²) in [6.45, 7) is 7.97. The van der Waals surface area contributed by atoms with Gasteiger partial charge in [-0.25, -0.2) is 0 Å². The van der Waals surface area contributed by atoms with Gasteiger partial charge in [-0.2, -0.15) is 0 Å². The van der Waals surface area contributed by atoms with Crippen LogP contribution in [0.25, 0.3) is 10.4 Å². The van der Waals surface area contributed by atoms with Crippen molar-refractivity contribution in [2.45, 2.75) is 46.4 Å². The molecule has 0 aliphatic carbocycles. The molecule has 0 aliphatic rings. The van der Waals surface area contributed by atoms with Crippen LogP contribution in [0.3, 0.4) is 0 Å². The molecule has 0 spiro atoms. The van der Waals surface area contributed by atoms with E-state index < -0.39 is 0 Å². The zero-order chi connectivity index (χ0) is 15.1. The van der Waals surface area contributed by atoms with Gasteiger partial charge in [0.05, 0.1) is 25.9 Å². The van der Waals surface area contributed by atoms with Gasteiger partial charge in [-0.05, 0) is 50.9 Å². The summed E-state index contributed by atoms with van der Waals surface area (Å²) in [7, 11) is 1.57. The van der Waals surface area contributed by atoms with Gasteiger partial charge in [0, 0.05) is 4.91 Å². The molecule has 0 amide bonds. The van der Waals surface area contributed by atoms with Crippen molar-refractivity contribution in [2.24, 2.45) is 5.11 Å². The van der Waals surface area contributed by atoms with Gasteiger partial charge in [-0.1, -0.05) is 5.11 Å². The number of nitrogens with zero attached hydrogens (tertiary/aromatic N) is 3. The molecule has 0 unspecified atom stereocenters. The van der Waals surface area contributed by atoms with Gasteiger partial charge in [-0.15, -0.1) is 0 Å². The van der Waals surface area contributed by atoms with Crippen molar-refractivity contribution in [3.8, 4) is 17.2 Å². The van der Waals surface area contributed by atoms with Crippen LogP contribution < -0.4 is 14.2 Å². The maximum atomic E-state index is 8.43. The fourth-order valence-electron chi connectivity index (χ4n) is 1.72. The van der Waals surface area contributed by atoms with Crippen LogP contribution in [-0.4, -0.2) is 19.3 Å². The van der Waals surface area contributed by atoms with E-state index in [4.69, 9.17) is 19.7 Å². The van der Waals surface area contributed by atoms with Gasteiger partial charge in [-0.3, -0.25) is 0 Å². The highest BCUT2D eigenvalue weighted by Gasteiger charge is 2.16. The maximum absolute atomic E-state index is 8.43. The predicted octanol–water partition coefficient (Wildman–Crippen LogP) is 4.08. The first-order chi connectivity index (χ1) is 9.47. The number of hydrogen-bond donors (Lipinski definition) is 0. The van der Waals surface area contributed by atoms with Crippen LogP contribution >= 0.6 is 0 Å². The van der Waals surface area contributed by atoms with Crippen LogP contribution in [0.1, 0.15) is 33.3 Å². The average molecular weight is 279 g/mol. The summed E-state index contributed by atoms with van der Waals surface area (Å²) in [4.78, 5) is 2.77. The quantitative estimate of drug-likeness (QED) is 0.428. The lowest BCUT2D eigenvalue weighted by molar-refractivity contribution is 0.208. The van der Waals surface area contributed by atoms with E-state index in [1.165, 1.54) is 0 Å². The second kappa shape index (κ2) is 7.50. The van der Waals surface area contributed by atoms with Crippen molar-refractivity contribution in [2.75, 3.05) is 7.11 Å². The Morgan fingerprint density at radius 2 is 1.60 bits per heavy atom. The third kappa shape index (κ3) is 4.55. The van der Waals surface area contributed by atoms with Crippen molar-refractivity contribution in [1.29, 1.82) is 0 Å². The lowest BCUT2D eigenvalue weighted by Gasteiger charge is -2.19. The van der Waals surface area contributed by atoms with E-state index in [0.717, 1.165) is 5.56 Å². The first kappa shape index (κ1) is 16.0. The minimum Gasteiger partial charge on any atom is -0.490 e. The number of ether oxygens (including phenoxy) is 3. The first-order valence-corrected chi connectivity index (χ1v) is 6.53. The molecule has 6 heteroatoms. The second-order valence-electron chi connectivity index (χ2n) is 4.85. The molecular weight excluding hydrogens is 258 g/mol. The summed E-state index contributed by atoms with van der Waals surface area (Å²) in [5, 5.41) is 3.57. The molecule has 110 valence electrons. The van der Waals surface area contributed by atoms with E-state index in [-0.39, 0.29) is 18.8 Å². The second-order valence-corrected chi connectivity index (χ2v) is 4.85. The Hall–Kier alpha value is -2.07. The number of hydrogen-bond acceptors (Lipinski definition) is 4. The van der Waals surface area contributed by atoms with E-state index in [9.17, 15) is 0 Å². The highest BCUT2D eigenvalue weighted by molar-refractivity contribution is 5.54. The van der Waals surface area contributed by atoms with Crippen molar-refractivity contribution < 1.29 is 14.2 Å². The molecule has 0 saturated heterocycles. The molecule has 0 heterocycles. The lowest BCUT2D eigenvalue weighted by atomic mass is 10.1. The van der Waals surface area contributed by atoms with Gasteiger partial charge in [0.2, 0.25) is 5.75 Å². The molecule has 0 aromatic heterocycles. The highest BCUT2D eigenvalue weighted by Crippen LogP contribution is 2.39. The lowest BCUT2D eigenvalue weighted by Crippen LogP contribution is -2.10. The highest BCUT2D eigenvalue weighted by atomic mass is 16.5. The number of azide groups is 1. The summed E-state index contributed by atoms with van der Waals surface area (Å²) >= 11 is 0. The summed E-state index contributed by atoms with van der Waals surface area (Å²) in [5.41, 5.74) is 9.24. The van der Waals surface area contributed by atoms with Crippen molar-refractivity contribution >= 4 is 0 Å². The zero-order valence-electron chi connectivity index (χ0n) is 12.6. The van der Waals surface area contributed by atoms with Crippen LogP contribution in [0.5, 0.6) is 17.2 Å². The van der Waals surface area contributed by atoms with E-state index in [1.807, 2.05) is 27.7 Å². The Kier molecular flexibility index (Phi) is 6.00. The zero-order valence-corrected chi connectivity index (χ0v) is 12.6. The minimum atomic E-state index is 0.00511. The fourth-order valence-corrected chi connectivity index (χ4v) is 1.72. The topological polar surface area (TPSA) is 76.5 Å². The molecule has 20 heavy (non-hydrogen) atoms. The molecule has 0 atom stereocenters. The van der Waals surface area contributed by atoms with Crippen LogP contribution in [-0.2, 0) is 6.54 Å². The Balaban J connectivity index is 3.26. The molecule has 0 radical (unpaired) electrons. The molecule has 0 bridgehead atoms. The van der Waals surface area contributed by atoms with Gasteiger partial charge < -0.3 is 14.2 Å². The molecule has 6 nitrogen and oxygen atoms in total. The third-order valence-electron chi connectivity index (χ3n) is 2.33. The third-order valence-corrected chi connectivity index (χ3v) is 2.33. The maximum Gasteiger partial charge on any atom is 0.203 e. The Bertz CT molecular complexity index is 463. The summed E-state index contributed by atoms with van der Waals surface area (Å²) in [5.74, 6) is 1.73. The minimum absolute atomic E-state index is 0.00511. The largest absolute Gasteiger partial charge is 0.490 e. The molecule has 0 aliphatic heterocycles. The molecule has 1 aromatic rings. The van der Waals surface area contributed by atoms with Crippen molar-refractivity contribution in [1.82, 2.24) is 0 Å². The van der Waals surface area contributed by atoms with Gasteiger partial charge >= 0.3 is 0 Å². The number of benzene rings is 1.